The number of nitriles is 1. The highest BCUT2D eigenvalue weighted by atomic mass is 16.6. The van der Waals surface area contributed by atoms with E-state index in [9.17, 15) is 10.1 Å². The summed E-state index contributed by atoms with van der Waals surface area (Å²) in [5.74, 6) is 0.500. The number of nitro groups is 1. The van der Waals surface area contributed by atoms with Gasteiger partial charge in [0.25, 0.3) is 5.69 Å². The Labute approximate surface area is 105 Å². The first-order valence-corrected chi connectivity index (χ1v) is 5.84. The van der Waals surface area contributed by atoms with E-state index in [1.165, 1.54) is 6.07 Å². The van der Waals surface area contributed by atoms with E-state index in [-0.39, 0.29) is 5.69 Å². The average molecular weight is 246 g/mol. The molecule has 1 atom stereocenters. The first-order valence-electron chi connectivity index (χ1n) is 5.84. The van der Waals surface area contributed by atoms with E-state index in [0.29, 0.717) is 23.7 Å². The molecular formula is C12H14N4O2. The third-order valence-corrected chi connectivity index (χ3v) is 3.07. The largest absolute Gasteiger partial charge is 0.379 e. The summed E-state index contributed by atoms with van der Waals surface area (Å²) in [6.07, 6.45) is 1.08. The van der Waals surface area contributed by atoms with Gasteiger partial charge in [0.15, 0.2) is 0 Å². The van der Waals surface area contributed by atoms with Crippen LogP contribution in [0.5, 0.6) is 0 Å². The highest BCUT2D eigenvalue weighted by Crippen LogP contribution is 2.25. The van der Waals surface area contributed by atoms with Gasteiger partial charge in [0.2, 0.25) is 0 Å². The minimum Gasteiger partial charge on any atom is -0.379 e. The van der Waals surface area contributed by atoms with E-state index >= 15 is 0 Å². The van der Waals surface area contributed by atoms with Gasteiger partial charge in [0.1, 0.15) is 5.69 Å². The molecular weight excluding hydrogens is 232 g/mol. The summed E-state index contributed by atoms with van der Waals surface area (Å²) in [7, 11) is 0. The fraction of sp³-hybridized carbons (Fsp3) is 0.417. The fourth-order valence-electron chi connectivity index (χ4n) is 2.04. The van der Waals surface area contributed by atoms with Crippen LogP contribution in [0, 0.1) is 27.4 Å². The van der Waals surface area contributed by atoms with Crippen LogP contribution in [0.4, 0.5) is 11.4 Å². The molecule has 0 saturated carbocycles. The van der Waals surface area contributed by atoms with Gasteiger partial charge in [-0.05, 0) is 37.6 Å². The van der Waals surface area contributed by atoms with Gasteiger partial charge < -0.3 is 10.6 Å². The summed E-state index contributed by atoms with van der Waals surface area (Å²) in [4.78, 5) is 10.5. The monoisotopic (exact) mass is 246 g/mol. The molecule has 0 aromatic heterocycles. The summed E-state index contributed by atoms with van der Waals surface area (Å²) in [6.45, 7) is 2.65. The first kappa shape index (κ1) is 12.3. The second kappa shape index (κ2) is 5.47. The Hall–Kier alpha value is -2.13. The predicted octanol–water partition coefficient (Wildman–Crippen LogP) is 1.49. The van der Waals surface area contributed by atoms with Crippen LogP contribution in [0.2, 0.25) is 0 Å². The number of nitrogens with zero attached hydrogens (tertiary/aromatic N) is 2. The Bertz CT molecular complexity index is 489. The molecule has 18 heavy (non-hydrogen) atoms. The van der Waals surface area contributed by atoms with Crippen molar-refractivity contribution in [3.8, 4) is 6.07 Å². The molecule has 1 aromatic rings. The molecule has 94 valence electrons. The van der Waals surface area contributed by atoms with Gasteiger partial charge in [-0.3, -0.25) is 10.1 Å². The molecule has 2 N–H and O–H groups in total. The average Bonchev–Trinajstić information content (AvgIpc) is 2.89. The maximum atomic E-state index is 10.9. The topological polar surface area (TPSA) is 91.0 Å². The minimum absolute atomic E-state index is 0.0417. The smallest absolute Gasteiger partial charge is 0.293 e. The molecule has 1 heterocycles. The van der Waals surface area contributed by atoms with Crippen molar-refractivity contribution in [1.29, 1.82) is 5.26 Å². The molecule has 0 aliphatic carbocycles. The number of nitrogens with one attached hydrogen (secondary N) is 2. The summed E-state index contributed by atoms with van der Waals surface area (Å²) in [5, 5.41) is 26.0. The summed E-state index contributed by atoms with van der Waals surface area (Å²) < 4.78 is 0. The Morgan fingerprint density at radius 2 is 2.44 bits per heavy atom. The summed E-state index contributed by atoms with van der Waals surface area (Å²) >= 11 is 0. The van der Waals surface area contributed by atoms with Crippen molar-refractivity contribution in [2.24, 2.45) is 5.92 Å². The van der Waals surface area contributed by atoms with Crippen LogP contribution >= 0.6 is 0 Å². The number of hydrogen-bond acceptors (Lipinski definition) is 5. The number of hydrogen-bond donors (Lipinski definition) is 2. The highest BCUT2D eigenvalue weighted by Gasteiger charge is 2.18. The van der Waals surface area contributed by atoms with Crippen molar-refractivity contribution in [2.45, 2.75) is 6.42 Å². The zero-order valence-corrected chi connectivity index (χ0v) is 9.85. The number of benzene rings is 1. The Balaban J connectivity index is 2.11. The number of nitro benzene ring substituents is 1. The lowest BCUT2D eigenvalue weighted by Crippen LogP contribution is -2.17. The zero-order valence-electron chi connectivity index (χ0n) is 9.85. The van der Waals surface area contributed by atoms with Crippen molar-refractivity contribution >= 4 is 11.4 Å². The molecule has 1 aromatic carbocycles. The Kier molecular flexibility index (Phi) is 3.75. The quantitative estimate of drug-likeness (QED) is 0.620. The molecule has 0 radical (unpaired) electrons. The fourth-order valence-corrected chi connectivity index (χ4v) is 2.04. The predicted molar refractivity (Wildman–Crippen MR) is 67.3 cm³/mol. The highest BCUT2D eigenvalue weighted by molar-refractivity contribution is 5.64. The number of anilines is 1. The van der Waals surface area contributed by atoms with Gasteiger partial charge in [-0.2, -0.15) is 5.26 Å². The van der Waals surface area contributed by atoms with Crippen LogP contribution in [0.25, 0.3) is 0 Å². The maximum Gasteiger partial charge on any atom is 0.293 e. The van der Waals surface area contributed by atoms with Crippen molar-refractivity contribution in [2.75, 3.05) is 25.0 Å². The first-order chi connectivity index (χ1) is 8.70. The van der Waals surface area contributed by atoms with E-state index in [1.807, 2.05) is 6.07 Å². The molecule has 2 rings (SSSR count). The van der Waals surface area contributed by atoms with Crippen LogP contribution < -0.4 is 10.6 Å². The van der Waals surface area contributed by atoms with Crippen LogP contribution in [0.1, 0.15) is 12.0 Å². The summed E-state index contributed by atoms with van der Waals surface area (Å²) in [5.41, 5.74) is 0.737. The van der Waals surface area contributed by atoms with Gasteiger partial charge in [0, 0.05) is 12.6 Å². The Morgan fingerprint density at radius 1 is 1.61 bits per heavy atom. The molecule has 0 bridgehead atoms. The van der Waals surface area contributed by atoms with Crippen LogP contribution in [0.3, 0.4) is 0 Å². The van der Waals surface area contributed by atoms with Gasteiger partial charge >= 0.3 is 0 Å². The van der Waals surface area contributed by atoms with E-state index in [2.05, 4.69) is 10.6 Å². The van der Waals surface area contributed by atoms with Crippen LogP contribution in [-0.4, -0.2) is 24.6 Å². The van der Waals surface area contributed by atoms with Crippen LogP contribution in [0.15, 0.2) is 18.2 Å². The normalized spacial score (nSPS) is 18.3. The lowest BCUT2D eigenvalue weighted by atomic mass is 10.1. The molecule has 1 fully saturated rings. The van der Waals surface area contributed by atoms with E-state index in [1.54, 1.807) is 12.1 Å². The van der Waals surface area contributed by atoms with Gasteiger partial charge in [0.05, 0.1) is 16.6 Å². The SMILES string of the molecule is N#Cc1ccc(NCC2CCNC2)c([N+](=O)[O-])c1. The van der Waals surface area contributed by atoms with Crippen molar-refractivity contribution in [1.82, 2.24) is 5.32 Å². The van der Waals surface area contributed by atoms with E-state index in [0.717, 1.165) is 19.5 Å². The lowest BCUT2D eigenvalue weighted by Gasteiger charge is -2.11. The van der Waals surface area contributed by atoms with Crippen molar-refractivity contribution in [3.05, 3.63) is 33.9 Å². The van der Waals surface area contributed by atoms with Gasteiger partial charge in [-0.25, -0.2) is 0 Å². The van der Waals surface area contributed by atoms with Crippen molar-refractivity contribution in [3.63, 3.8) is 0 Å². The van der Waals surface area contributed by atoms with Gasteiger partial charge in [-0.15, -0.1) is 0 Å². The molecule has 0 amide bonds. The molecule has 6 heteroatoms. The third-order valence-electron chi connectivity index (χ3n) is 3.07. The minimum atomic E-state index is -0.462. The third kappa shape index (κ3) is 2.76. The Morgan fingerprint density at radius 3 is 3.06 bits per heavy atom. The zero-order chi connectivity index (χ0) is 13.0. The second-order valence-electron chi connectivity index (χ2n) is 4.34. The number of rotatable bonds is 4. The molecule has 1 aliphatic rings. The van der Waals surface area contributed by atoms with Crippen molar-refractivity contribution < 1.29 is 4.92 Å². The van der Waals surface area contributed by atoms with E-state index in [4.69, 9.17) is 5.26 Å². The van der Waals surface area contributed by atoms with Crippen LogP contribution in [-0.2, 0) is 0 Å². The maximum absolute atomic E-state index is 10.9. The molecule has 6 nitrogen and oxygen atoms in total. The molecule has 1 unspecified atom stereocenters. The van der Waals surface area contributed by atoms with Gasteiger partial charge in [-0.1, -0.05) is 0 Å². The lowest BCUT2D eigenvalue weighted by molar-refractivity contribution is -0.384. The molecule has 1 aliphatic heterocycles. The van der Waals surface area contributed by atoms with E-state index < -0.39 is 4.92 Å². The summed E-state index contributed by atoms with van der Waals surface area (Å²) in [6, 6.07) is 6.39. The second-order valence-corrected chi connectivity index (χ2v) is 4.34. The standard InChI is InChI=1S/C12H14N4O2/c13-6-9-1-2-11(12(5-9)16(17)18)15-8-10-3-4-14-7-10/h1-2,5,10,14-15H,3-4,7-8H2. The molecule has 1 saturated heterocycles. The molecule has 0 spiro atoms.